The van der Waals surface area contributed by atoms with Crippen LogP contribution in [0.25, 0.3) is 132 Å². The summed E-state index contributed by atoms with van der Waals surface area (Å²) in [5, 5.41) is 0.665. The van der Waals surface area contributed by atoms with E-state index >= 15 is 0 Å². The fraction of sp³-hybridized carbons (Fsp3) is 0. The molecule has 3 nitrogen and oxygen atoms in total. The molecule has 0 saturated heterocycles. The van der Waals surface area contributed by atoms with Crippen molar-refractivity contribution in [2.24, 2.45) is 0 Å². The van der Waals surface area contributed by atoms with Gasteiger partial charge in [-0.05, 0) is 132 Å². The largest absolute Gasteiger partial charge is 0.208 e. The molecular weight excluding hydrogens is 903 g/mol. The van der Waals surface area contributed by atoms with Crippen LogP contribution in [-0.4, -0.2) is 15.0 Å². The van der Waals surface area contributed by atoms with Crippen molar-refractivity contribution in [3.63, 3.8) is 0 Å². The van der Waals surface area contributed by atoms with Crippen LogP contribution in [-0.2, 0) is 0 Å². The molecule has 2 heterocycles. The number of thiophene rings is 1. The number of rotatable bonds is 10. The summed E-state index contributed by atoms with van der Waals surface area (Å²) in [6.07, 6.45) is 0. The predicted octanol–water partition coefficient (Wildman–Crippen LogP) is 18.9. The van der Waals surface area contributed by atoms with Crippen LogP contribution < -0.4 is 0 Å². The summed E-state index contributed by atoms with van der Waals surface area (Å²) < 4.78 is 58.7. The molecule has 0 aliphatic carbocycles. The van der Waals surface area contributed by atoms with Crippen LogP contribution in [0.15, 0.2) is 273 Å². The van der Waals surface area contributed by atoms with E-state index in [1.165, 1.54) is 0 Å². The SMILES string of the molecule is [2H]c1c([2H])c(-c2cc(-c3ccccc3)cc(-c3ccccc3)c2)c2c(sc3c([2H])c(-c4nc(-c5ccc(-c6cccc(-c7ccccc7)c6)cc5)nc(-c5cc(-c6ccccc6)cc(-c6ccccc6)c5)n4)c([2H])c([2H])c32)c1[2H]. The van der Waals surface area contributed by atoms with Crippen LogP contribution >= 0.6 is 11.3 Å². The van der Waals surface area contributed by atoms with Crippen molar-refractivity contribution < 1.29 is 8.22 Å². The lowest BCUT2D eigenvalue weighted by Crippen LogP contribution is -2.00. The Morgan fingerprint density at radius 2 is 0.644 bits per heavy atom. The van der Waals surface area contributed by atoms with Gasteiger partial charge in [0.05, 0.1) is 8.22 Å². The van der Waals surface area contributed by atoms with Gasteiger partial charge in [0.1, 0.15) is 0 Å². The second-order valence-corrected chi connectivity index (χ2v) is 18.9. The van der Waals surface area contributed by atoms with Crippen LogP contribution in [0.3, 0.4) is 0 Å². The Bertz CT molecular complexity index is 4350. The van der Waals surface area contributed by atoms with Crippen LogP contribution in [0.4, 0.5) is 0 Å². The first-order valence-corrected chi connectivity index (χ1v) is 25.0. The van der Waals surface area contributed by atoms with Gasteiger partial charge in [-0.15, -0.1) is 11.3 Å². The molecule has 0 saturated carbocycles. The van der Waals surface area contributed by atoms with E-state index in [1.807, 2.05) is 164 Å². The Labute approximate surface area is 437 Å². The Kier molecular flexibility index (Phi) is 9.81. The molecule has 13 aromatic rings. The normalized spacial score (nSPS) is 12.4. The number of hydrogen-bond acceptors (Lipinski definition) is 4. The van der Waals surface area contributed by atoms with Crippen molar-refractivity contribution in [1.82, 2.24) is 15.0 Å². The first kappa shape index (κ1) is 37.5. The summed E-state index contributed by atoms with van der Waals surface area (Å²) in [7, 11) is 0. The molecule has 0 aliphatic rings. The van der Waals surface area contributed by atoms with Crippen LogP contribution in [0.1, 0.15) is 8.22 Å². The number of nitrogens with zero attached hydrogens (tertiary/aromatic N) is 3. The van der Waals surface area contributed by atoms with Crippen molar-refractivity contribution in [3.8, 4) is 112 Å². The molecule has 0 amide bonds. The molecule has 0 fully saturated rings. The number of hydrogen-bond donors (Lipinski definition) is 0. The molecule has 0 radical (unpaired) electrons. The first-order valence-electron chi connectivity index (χ1n) is 27.2. The highest BCUT2D eigenvalue weighted by atomic mass is 32.1. The van der Waals surface area contributed by atoms with Crippen molar-refractivity contribution in [1.29, 1.82) is 0 Å². The molecule has 0 atom stereocenters. The predicted molar refractivity (Wildman–Crippen MR) is 307 cm³/mol. The zero-order valence-electron chi connectivity index (χ0n) is 45.3. The maximum absolute atomic E-state index is 10.1. The van der Waals surface area contributed by atoms with Gasteiger partial charge in [-0.2, -0.15) is 0 Å². The third-order valence-electron chi connectivity index (χ3n) is 13.2. The molecule has 342 valence electrons. The lowest BCUT2D eigenvalue weighted by molar-refractivity contribution is 1.07. The average molecular weight is 954 g/mol. The van der Waals surface area contributed by atoms with Gasteiger partial charge < -0.3 is 0 Å². The summed E-state index contributed by atoms with van der Waals surface area (Å²) in [5.41, 5.74) is 14.3. The molecule has 0 N–H and O–H groups in total. The first-order chi connectivity index (χ1) is 38.6. The average Bonchev–Trinajstić information content (AvgIpc) is 4.06. The Hall–Kier alpha value is -9.35. The van der Waals surface area contributed by atoms with Gasteiger partial charge in [-0.1, -0.05) is 218 Å². The Morgan fingerprint density at radius 3 is 1.14 bits per heavy atom. The Morgan fingerprint density at radius 1 is 0.274 bits per heavy atom. The minimum Gasteiger partial charge on any atom is -0.208 e. The summed E-state index contributed by atoms with van der Waals surface area (Å²) in [6.45, 7) is 0. The minimum absolute atomic E-state index is 0.0357. The second kappa shape index (κ2) is 19.1. The lowest BCUT2D eigenvalue weighted by Gasteiger charge is -2.13. The van der Waals surface area contributed by atoms with Crippen molar-refractivity contribution in [2.75, 3.05) is 0 Å². The summed E-state index contributed by atoms with van der Waals surface area (Å²) in [5.74, 6) is 0.682. The smallest absolute Gasteiger partial charge is 0.164 e. The van der Waals surface area contributed by atoms with Gasteiger partial charge in [0.25, 0.3) is 0 Å². The highest BCUT2D eigenvalue weighted by Gasteiger charge is 2.19. The van der Waals surface area contributed by atoms with E-state index in [9.17, 15) is 8.22 Å². The quantitative estimate of drug-likeness (QED) is 0.137. The van der Waals surface area contributed by atoms with Gasteiger partial charge in [0.2, 0.25) is 0 Å². The van der Waals surface area contributed by atoms with E-state index in [2.05, 4.69) is 72.8 Å². The standard InChI is InChI=1S/C69H45N3S/c1-6-18-46(19-7-1)53-28-16-29-54(38-53)51-32-34-52(35-33-51)67-70-68(72-69(71-67)61-43-58(49-24-12-4-13-25-49)40-59(44-61)50-26-14-5-15-27-50)55-36-37-63-65(45-55)73-64-31-17-30-62(66(63)64)60-41-56(47-20-8-2-9-21-47)39-57(42-60)48-22-10-3-11-23-48/h1-45H/i17D,30D,31D,36D,37D,45D. The second-order valence-electron chi connectivity index (χ2n) is 17.9. The molecule has 0 spiro atoms. The number of benzene rings is 11. The zero-order valence-corrected chi connectivity index (χ0v) is 40.1. The molecule has 0 unspecified atom stereocenters. The fourth-order valence-corrected chi connectivity index (χ4v) is 10.6. The molecule has 0 bridgehead atoms. The summed E-state index contributed by atoms with van der Waals surface area (Å²) in [6, 6.07) is 78.0. The highest BCUT2D eigenvalue weighted by molar-refractivity contribution is 7.26. The molecule has 0 aliphatic heterocycles. The Balaban J connectivity index is 1.02. The van der Waals surface area contributed by atoms with E-state index in [1.54, 1.807) is 0 Å². The van der Waals surface area contributed by atoms with E-state index in [4.69, 9.17) is 15.0 Å². The molecule has 4 heteroatoms. The third-order valence-corrected chi connectivity index (χ3v) is 14.2. The van der Waals surface area contributed by atoms with Crippen LogP contribution in [0, 0.1) is 0 Å². The van der Waals surface area contributed by atoms with Gasteiger partial charge in [0.15, 0.2) is 17.5 Å². The molecule has 13 rings (SSSR count). The van der Waals surface area contributed by atoms with E-state index < -0.39 is 0 Å². The van der Waals surface area contributed by atoms with Crippen molar-refractivity contribution in [2.45, 2.75) is 0 Å². The van der Waals surface area contributed by atoms with Crippen molar-refractivity contribution in [3.05, 3.63) is 273 Å². The van der Waals surface area contributed by atoms with E-state index in [0.29, 0.717) is 48.7 Å². The number of aromatic nitrogens is 3. The van der Waals surface area contributed by atoms with Crippen LogP contribution in [0.5, 0.6) is 0 Å². The molecular formula is C69H45N3S. The summed E-state index contributed by atoms with van der Waals surface area (Å²) in [4.78, 5) is 15.4. The third kappa shape index (κ3) is 8.82. The highest BCUT2D eigenvalue weighted by Crippen LogP contribution is 2.44. The lowest BCUT2D eigenvalue weighted by atomic mass is 9.91. The minimum atomic E-state index is -0.279. The fourth-order valence-electron chi connectivity index (χ4n) is 9.56. The maximum atomic E-state index is 10.1. The monoisotopic (exact) mass is 953 g/mol. The summed E-state index contributed by atoms with van der Waals surface area (Å²) >= 11 is 1.13. The zero-order chi connectivity index (χ0) is 53.7. The number of fused-ring (bicyclic) bond motifs is 3. The topological polar surface area (TPSA) is 38.7 Å². The van der Waals surface area contributed by atoms with E-state index in [-0.39, 0.29) is 53.0 Å². The molecule has 2 aromatic heterocycles. The maximum Gasteiger partial charge on any atom is 0.164 e. The van der Waals surface area contributed by atoms with Crippen LogP contribution in [0.2, 0.25) is 0 Å². The van der Waals surface area contributed by atoms with Crippen molar-refractivity contribution >= 4 is 31.5 Å². The molecule has 11 aromatic carbocycles. The van der Waals surface area contributed by atoms with Gasteiger partial charge in [-0.25, -0.2) is 15.0 Å². The van der Waals surface area contributed by atoms with Gasteiger partial charge >= 0.3 is 0 Å². The van der Waals surface area contributed by atoms with E-state index in [0.717, 1.165) is 78.1 Å². The van der Waals surface area contributed by atoms with Gasteiger partial charge in [-0.3, -0.25) is 0 Å². The molecule has 73 heavy (non-hydrogen) atoms. The van der Waals surface area contributed by atoms with Gasteiger partial charge in [0, 0.05) is 36.9 Å².